The number of hydrogen-bond donors (Lipinski definition) is 0. The number of halogens is 2. The standard InChI is InChI=1S/C10H14ClFN2O2S/c1-8(2)14(7-5-11)17(15,16)10-9(12)4-3-6-13-10/h3-4,6,8H,5,7H2,1-2H3. The molecule has 0 aliphatic carbocycles. The van der Waals surface area contributed by atoms with E-state index in [0.717, 1.165) is 10.4 Å². The predicted octanol–water partition coefficient (Wildman–Crippen LogP) is 1.86. The summed E-state index contributed by atoms with van der Waals surface area (Å²) in [6.07, 6.45) is 1.25. The van der Waals surface area contributed by atoms with Crippen LogP contribution in [0.15, 0.2) is 23.4 Å². The van der Waals surface area contributed by atoms with E-state index in [4.69, 9.17) is 11.6 Å². The lowest BCUT2D eigenvalue weighted by atomic mass is 10.4. The summed E-state index contributed by atoms with van der Waals surface area (Å²) in [7, 11) is -3.93. The second-order valence-electron chi connectivity index (χ2n) is 3.69. The van der Waals surface area contributed by atoms with Crippen molar-refractivity contribution in [2.75, 3.05) is 12.4 Å². The van der Waals surface area contributed by atoms with Crippen LogP contribution >= 0.6 is 11.6 Å². The number of aromatic nitrogens is 1. The third-order valence-corrected chi connectivity index (χ3v) is 4.34. The smallest absolute Gasteiger partial charge is 0.241 e. The van der Waals surface area contributed by atoms with Crippen LogP contribution in [-0.4, -0.2) is 36.2 Å². The van der Waals surface area contributed by atoms with Gasteiger partial charge in [0.2, 0.25) is 5.03 Å². The maximum atomic E-state index is 13.4. The maximum absolute atomic E-state index is 13.4. The van der Waals surface area contributed by atoms with Gasteiger partial charge in [-0.3, -0.25) is 0 Å². The monoisotopic (exact) mass is 280 g/mol. The molecule has 4 nitrogen and oxygen atoms in total. The Morgan fingerprint density at radius 2 is 2.18 bits per heavy atom. The molecule has 1 heterocycles. The van der Waals surface area contributed by atoms with Crippen LogP contribution in [0.3, 0.4) is 0 Å². The van der Waals surface area contributed by atoms with Crippen molar-refractivity contribution in [3.8, 4) is 0 Å². The summed E-state index contributed by atoms with van der Waals surface area (Å²) in [6, 6.07) is 2.11. The van der Waals surface area contributed by atoms with Crippen molar-refractivity contribution in [2.45, 2.75) is 24.9 Å². The third-order valence-electron chi connectivity index (χ3n) is 2.16. The minimum absolute atomic E-state index is 0.123. The van der Waals surface area contributed by atoms with Gasteiger partial charge >= 0.3 is 0 Å². The van der Waals surface area contributed by atoms with Gasteiger partial charge in [0.1, 0.15) is 0 Å². The van der Waals surface area contributed by atoms with Gasteiger partial charge in [-0.05, 0) is 26.0 Å². The van der Waals surface area contributed by atoms with Gasteiger partial charge in [-0.15, -0.1) is 11.6 Å². The molecule has 0 N–H and O–H groups in total. The van der Waals surface area contributed by atoms with Crippen LogP contribution in [0, 0.1) is 5.82 Å². The first-order chi connectivity index (χ1) is 7.91. The fraction of sp³-hybridized carbons (Fsp3) is 0.500. The first kappa shape index (κ1) is 14.3. The molecule has 7 heteroatoms. The zero-order valence-corrected chi connectivity index (χ0v) is 11.2. The van der Waals surface area contributed by atoms with Crippen molar-refractivity contribution in [2.24, 2.45) is 0 Å². The topological polar surface area (TPSA) is 50.3 Å². The van der Waals surface area contributed by atoms with E-state index < -0.39 is 20.9 Å². The summed E-state index contributed by atoms with van der Waals surface area (Å²) in [5.41, 5.74) is 0. The summed E-state index contributed by atoms with van der Waals surface area (Å²) in [5.74, 6) is -0.709. The van der Waals surface area contributed by atoms with Gasteiger partial charge in [-0.1, -0.05) is 0 Å². The van der Waals surface area contributed by atoms with Crippen molar-refractivity contribution >= 4 is 21.6 Å². The number of nitrogens with zero attached hydrogens (tertiary/aromatic N) is 2. The highest BCUT2D eigenvalue weighted by Gasteiger charge is 2.30. The SMILES string of the molecule is CC(C)N(CCCl)S(=O)(=O)c1ncccc1F. The van der Waals surface area contributed by atoms with E-state index in [1.807, 2.05) is 0 Å². The summed E-state index contributed by atoms with van der Waals surface area (Å²) >= 11 is 5.55. The molecule has 0 saturated carbocycles. The molecule has 0 aliphatic rings. The van der Waals surface area contributed by atoms with Gasteiger partial charge < -0.3 is 0 Å². The Bertz CT molecular complexity index is 479. The number of pyridine rings is 1. The first-order valence-corrected chi connectivity index (χ1v) is 7.07. The Balaban J connectivity index is 3.22. The Kier molecular flexibility index (Phi) is 4.85. The molecule has 1 aromatic heterocycles. The Morgan fingerprint density at radius 1 is 1.53 bits per heavy atom. The van der Waals surface area contributed by atoms with Crippen molar-refractivity contribution in [3.63, 3.8) is 0 Å². The van der Waals surface area contributed by atoms with E-state index in [9.17, 15) is 12.8 Å². The molecule has 0 saturated heterocycles. The van der Waals surface area contributed by atoms with Gasteiger partial charge in [-0.2, -0.15) is 4.31 Å². The molecule has 0 aromatic carbocycles. The van der Waals surface area contributed by atoms with Crippen LogP contribution in [-0.2, 0) is 10.0 Å². The Labute approximate surface area is 105 Å². The lowest BCUT2D eigenvalue weighted by Gasteiger charge is -2.24. The summed E-state index contributed by atoms with van der Waals surface area (Å²) in [6.45, 7) is 3.52. The number of rotatable bonds is 5. The lowest BCUT2D eigenvalue weighted by molar-refractivity contribution is 0.366. The molecule has 0 spiro atoms. The van der Waals surface area contributed by atoms with Gasteiger partial charge in [0.15, 0.2) is 5.82 Å². The normalized spacial score (nSPS) is 12.4. The Hall–Kier alpha value is -0.720. The summed E-state index contributed by atoms with van der Waals surface area (Å²) < 4.78 is 38.9. The minimum Gasteiger partial charge on any atom is -0.241 e. The maximum Gasteiger partial charge on any atom is 0.263 e. The third kappa shape index (κ3) is 3.14. The lowest BCUT2D eigenvalue weighted by Crippen LogP contribution is -2.39. The van der Waals surface area contributed by atoms with Gasteiger partial charge in [0.05, 0.1) is 0 Å². The molecule has 0 aliphatic heterocycles. The molecule has 17 heavy (non-hydrogen) atoms. The first-order valence-electron chi connectivity index (χ1n) is 5.09. The van der Waals surface area contributed by atoms with Crippen LogP contribution in [0.2, 0.25) is 0 Å². The predicted molar refractivity (Wildman–Crippen MR) is 63.9 cm³/mol. The second kappa shape index (κ2) is 5.75. The fourth-order valence-electron chi connectivity index (χ4n) is 1.41. The van der Waals surface area contributed by atoms with Crippen LogP contribution < -0.4 is 0 Å². The number of hydrogen-bond acceptors (Lipinski definition) is 3. The van der Waals surface area contributed by atoms with Crippen LogP contribution in [0.4, 0.5) is 4.39 Å². The zero-order valence-electron chi connectivity index (χ0n) is 9.60. The quantitative estimate of drug-likeness (QED) is 0.774. The molecule has 0 atom stereocenters. The molecule has 0 amide bonds. The van der Waals surface area contributed by atoms with Crippen LogP contribution in [0.1, 0.15) is 13.8 Å². The average molecular weight is 281 g/mol. The van der Waals surface area contributed by atoms with Gasteiger partial charge in [0.25, 0.3) is 10.0 Å². The molecule has 0 radical (unpaired) electrons. The van der Waals surface area contributed by atoms with Crippen LogP contribution in [0.25, 0.3) is 0 Å². The average Bonchev–Trinajstić information content (AvgIpc) is 2.25. The minimum atomic E-state index is -3.93. The fourth-order valence-corrected chi connectivity index (χ4v) is 3.31. The van der Waals surface area contributed by atoms with E-state index >= 15 is 0 Å². The van der Waals surface area contributed by atoms with Gasteiger partial charge in [-0.25, -0.2) is 17.8 Å². The summed E-state index contributed by atoms with van der Waals surface area (Å²) in [5, 5.41) is -0.557. The molecule has 1 rings (SSSR count). The van der Waals surface area contributed by atoms with E-state index in [2.05, 4.69) is 4.98 Å². The highest BCUT2D eigenvalue weighted by molar-refractivity contribution is 7.89. The van der Waals surface area contributed by atoms with Crippen molar-refractivity contribution < 1.29 is 12.8 Å². The van der Waals surface area contributed by atoms with Crippen LogP contribution in [0.5, 0.6) is 0 Å². The van der Waals surface area contributed by atoms with E-state index in [-0.39, 0.29) is 18.5 Å². The summed E-state index contributed by atoms with van der Waals surface area (Å²) in [4.78, 5) is 3.59. The van der Waals surface area contributed by atoms with E-state index in [1.54, 1.807) is 13.8 Å². The zero-order chi connectivity index (χ0) is 13.1. The molecular formula is C10H14ClFN2O2S. The van der Waals surface area contributed by atoms with E-state index in [0.29, 0.717) is 0 Å². The largest absolute Gasteiger partial charge is 0.263 e. The molecule has 0 bridgehead atoms. The molecule has 0 fully saturated rings. The highest BCUT2D eigenvalue weighted by atomic mass is 35.5. The van der Waals surface area contributed by atoms with Gasteiger partial charge in [0, 0.05) is 24.7 Å². The molecule has 0 unspecified atom stereocenters. The Morgan fingerprint density at radius 3 is 2.65 bits per heavy atom. The second-order valence-corrected chi connectivity index (χ2v) is 5.87. The highest BCUT2D eigenvalue weighted by Crippen LogP contribution is 2.18. The number of alkyl halides is 1. The van der Waals surface area contributed by atoms with Crippen molar-refractivity contribution in [1.82, 2.24) is 9.29 Å². The van der Waals surface area contributed by atoms with Crippen molar-refractivity contribution in [1.29, 1.82) is 0 Å². The number of sulfonamides is 1. The molecule has 96 valence electrons. The molecular weight excluding hydrogens is 267 g/mol. The molecule has 1 aromatic rings. The van der Waals surface area contributed by atoms with Crippen molar-refractivity contribution in [3.05, 3.63) is 24.1 Å². The van der Waals surface area contributed by atoms with E-state index in [1.165, 1.54) is 12.3 Å².